The number of nitrogens with one attached hydrogen (secondary N) is 1. The van der Waals surface area contributed by atoms with Crippen LogP contribution in [-0.4, -0.2) is 23.3 Å². The van der Waals surface area contributed by atoms with E-state index < -0.39 is 24.2 Å². The molecule has 6 heteroatoms. The second kappa shape index (κ2) is 5.39. The molecule has 0 spiro atoms. The number of carbonyl (C=O) groups is 1. The number of benzene rings is 1. The van der Waals surface area contributed by atoms with Crippen molar-refractivity contribution in [3.8, 4) is 0 Å². The summed E-state index contributed by atoms with van der Waals surface area (Å²) in [6, 6.07) is 3.67. The molecular weight excluding hydrogens is 247 g/mol. The van der Waals surface area contributed by atoms with Gasteiger partial charge in [0, 0.05) is 0 Å². The van der Waals surface area contributed by atoms with Crippen LogP contribution >= 0.6 is 0 Å². The van der Waals surface area contributed by atoms with Gasteiger partial charge in [0.15, 0.2) is 6.04 Å². The minimum absolute atomic E-state index is 0.0588. The van der Waals surface area contributed by atoms with E-state index in [1.54, 1.807) is 18.3 Å². The number of alkyl halides is 3. The second-order valence-corrected chi connectivity index (χ2v) is 4.07. The van der Waals surface area contributed by atoms with Crippen LogP contribution in [0.3, 0.4) is 0 Å². The third-order valence-corrected chi connectivity index (χ3v) is 2.37. The molecule has 1 aromatic carbocycles. The standard InChI is InChI=1S/C12H14F3NO2/c1-7-4-3-5-9(6-7)10(12(13,14)15)16-11(18)8(2)17/h3-6,8,10,17H,1-2H3,(H,16,18)/t8-,10+/m0/s1. The Morgan fingerprint density at radius 3 is 2.44 bits per heavy atom. The van der Waals surface area contributed by atoms with Gasteiger partial charge >= 0.3 is 6.18 Å². The monoisotopic (exact) mass is 261 g/mol. The first-order valence-electron chi connectivity index (χ1n) is 5.33. The maximum Gasteiger partial charge on any atom is 0.412 e. The Morgan fingerprint density at radius 1 is 1.39 bits per heavy atom. The van der Waals surface area contributed by atoms with E-state index in [4.69, 9.17) is 5.11 Å². The minimum Gasteiger partial charge on any atom is -0.384 e. The molecule has 100 valence electrons. The van der Waals surface area contributed by atoms with Gasteiger partial charge in [-0.05, 0) is 19.4 Å². The molecule has 1 aromatic rings. The van der Waals surface area contributed by atoms with Crippen LogP contribution in [-0.2, 0) is 4.79 Å². The zero-order valence-corrected chi connectivity index (χ0v) is 9.95. The predicted molar refractivity (Wildman–Crippen MR) is 59.8 cm³/mol. The number of aliphatic hydroxyl groups is 1. The highest BCUT2D eigenvalue weighted by atomic mass is 19.4. The summed E-state index contributed by atoms with van der Waals surface area (Å²) in [5, 5.41) is 10.7. The van der Waals surface area contributed by atoms with Gasteiger partial charge in [-0.2, -0.15) is 13.2 Å². The molecule has 0 fully saturated rings. The number of carbonyl (C=O) groups excluding carboxylic acids is 1. The van der Waals surface area contributed by atoms with Gasteiger partial charge in [0.05, 0.1) is 0 Å². The summed E-state index contributed by atoms with van der Waals surface area (Å²) in [5.74, 6) is -1.06. The van der Waals surface area contributed by atoms with Crippen molar-refractivity contribution in [1.29, 1.82) is 0 Å². The van der Waals surface area contributed by atoms with Gasteiger partial charge in [0.25, 0.3) is 0 Å². The number of hydrogen-bond acceptors (Lipinski definition) is 2. The SMILES string of the molecule is Cc1cccc([C@@H](NC(=O)[C@H](C)O)C(F)(F)F)c1. The molecule has 0 saturated heterocycles. The summed E-state index contributed by atoms with van der Waals surface area (Å²) >= 11 is 0. The molecule has 2 N–H and O–H groups in total. The average Bonchev–Trinajstić information content (AvgIpc) is 2.23. The Labute approximate surface area is 103 Å². The van der Waals surface area contributed by atoms with Crippen LogP contribution in [0.1, 0.15) is 24.1 Å². The first-order chi connectivity index (χ1) is 8.21. The highest BCUT2D eigenvalue weighted by Crippen LogP contribution is 2.32. The van der Waals surface area contributed by atoms with Crippen molar-refractivity contribution in [2.75, 3.05) is 0 Å². The van der Waals surface area contributed by atoms with Gasteiger partial charge < -0.3 is 10.4 Å². The Bertz CT molecular complexity index is 430. The van der Waals surface area contributed by atoms with E-state index in [1.165, 1.54) is 18.2 Å². The van der Waals surface area contributed by atoms with E-state index in [0.29, 0.717) is 5.56 Å². The zero-order chi connectivity index (χ0) is 13.9. The molecule has 18 heavy (non-hydrogen) atoms. The molecule has 0 unspecified atom stereocenters. The summed E-state index contributed by atoms with van der Waals surface area (Å²) < 4.78 is 38.6. The van der Waals surface area contributed by atoms with Gasteiger partial charge in [-0.15, -0.1) is 0 Å². The van der Waals surface area contributed by atoms with Crippen LogP contribution in [0.25, 0.3) is 0 Å². The molecule has 0 bridgehead atoms. The molecule has 1 amide bonds. The van der Waals surface area contributed by atoms with Gasteiger partial charge in [0.1, 0.15) is 6.10 Å². The zero-order valence-electron chi connectivity index (χ0n) is 9.95. The maximum atomic E-state index is 12.9. The Hall–Kier alpha value is -1.56. The third-order valence-electron chi connectivity index (χ3n) is 2.37. The number of hydrogen-bond donors (Lipinski definition) is 2. The lowest BCUT2D eigenvalue weighted by Gasteiger charge is -2.23. The van der Waals surface area contributed by atoms with Crippen molar-refractivity contribution in [2.45, 2.75) is 32.2 Å². The second-order valence-electron chi connectivity index (χ2n) is 4.07. The summed E-state index contributed by atoms with van der Waals surface area (Å²) in [6.45, 7) is 2.77. The molecule has 0 aromatic heterocycles. The van der Waals surface area contributed by atoms with Crippen molar-refractivity contribution in [3.05, 3.63) is 35.4 Å². The van der Waals surface area contributed by atoms with Gasteiger partial charge in [0.2, 0.25) is 5.91 Å². The third kappa shape index (κ3) is 3.73. The Morgan fingerprint density at radius 2 is 2.00 bits per heavy atom. The summed E-state index contributed by atoms with van der Waals surface area (Å²) in [5.41, 5.74) is 0.601. The predicted octanol–water partition coefficient (Wildman–Crippen LogP) is 2.10. The Balaban J connectivity index is 3.03. The fraction of sp³-hybridized carbons (Fsp3) is 0.417. The van der Waals surface area contributed by atoms with E-state index in [2.05, 4.69) is 0 Å². The maximum absolute atomic E-state index is 12.9. The molecule has 0 saturated carbocycles. The smallest absolute Gasteiger partial charge is 0.384 e. The average molecular weight is 261 g/mol. The number of aryl methyl sites for hydroxylation is 1. The molecule has 0 radical (unpaired) electrons. The van der Waals surface area contributed by atoms with E-state index >= 15 is 0 Å². The van der Waals surface area contributed by atoms with E-state index in [0.717, 1.165) is 6.92 Å². The molecule has 0 heterocycles. The number of halogens is 3. The number of amides is 1. The highest BCUT2D eigenvalue weighted by Gasteiger charge is 2.42. The topological polar surface area (TPSA) is 49.3 Å². The number of rotatable bonds is 3. The van der Waals surface area contributed by atoms with E-state index in [1.807, 2.05) is 0 Å². The lowest BCUT2D eigenvalue weighted by molar-refractivity contribution is -0.165. The summed E-state index contributed by atoms with van der Waals surface area (Å²) in [6.07, 6.45) is -6.10. The molecule has 0 aliphatic heterocycles. The van der Waals surface area contributed by atoms with Crippen LogP contribution in [0.4, 0.5) is 13.2 Å². The van der Waals surface area contributed by atoms with Gasteiger partial charge in [-0.1, -0.05) is 29.8 Å². The van der Waals surface area contributed by atoms with Crippen molar-refractivity contribution in [2.24, 2.45) is 0 Å². The van der Waals surface area contributed by atoms with Gasteiger partial charge in [-0.25, -0.2) is 0 Å². The summed E-state index contributed by atoms with van der Waals surface area (Å²) in [7, 11) is 0. The minimum atomic E-state index is -4.61. The fourth-order valence-electron chi connectivity index (χ4n) is 1.47. The molecule has 2 atom stereocenters. The largest absolute Gasteiger partial charge is 0.412 e. The first kappa shape index (κ1) is 14.5. The van der Waals surface area contributed by atoms with E-state index in [9.17, 15) is 18.0 Å². The van der Waals surface area contributed by atoms with Crippen molar-refractivity contribution < 1.29 is 23.1 Å². The lowest BCUT2D eigenvalue weighted by atomic mass is 10.0. The quantitative estimate of drug-likeness (QED) is 0.875. The molecular formula is C12H14F3NO2. The molecule has 0 aliphatic rings. The van der Waals surface area contributed by atoms with Crippen LogP contribution in [0, 0.1) is 6.92 Å². The van der Waals surface area contributed by atoms with Crippen LogP contribution in [0.15, 0.2) is 24.3 Å². The first-order valence-corrected chi connectivity index (χ1v) is 5.33. The van der Waals surface area contributed by atoms with Crippen LogP contribution in [0.5, 0.6) is 0 Å². The molecule has 1 rings (SSSR count). The van der Waals surface area contributed by atoms with Crippen molar-refractivity contribution in [3.63, 3.8) is 0 Å². The molecule has 3 nitrogen and oxygen atoms in total. The van der Waals surface area contributed by atoms with Crippen LogP contribution < -0.4 is 5.32 Å². The number of aliphatic hydroxyl groups excluding tert-OH is 1. The highest BCUT2D eigenvalue weighted by molar-refractivity contribution is 5.80. The molecule has 0 aliphatic carbocycles. The fourth-order valence-corrected chi connectivity index (χ4v) is 1.47. The van der Waals surface area contributed by atoms with Crippen LogP contribution in [0.2, 0.25) is 0 Å². The summed E-state index contributed by atoms with van der Waals surface area (Å²) in [4.78, 5) is 11.2. The normalized spacial score (nSPS) is 15.0. The van der Waals surface area contributed by atoms with E-state index in [-0.39, 0.29) is 5.56 Å². The Kier molecular flexibility index (Phi) is 4.34. The van der Waals surface area contributed by atoms with Gasteiger partial charge in [-0.3, -0.25) is 4.79 Å². The lowest BCUT2D eigenvalue weighted by Crippen LogP contribution is -2.42. The van der Waals surface area contributed by atoms with Crippen molar-refractivity contribution >= 4 is 5.91 Å². The van der Waals surface area contributed by atoms with Crippen molar-refractivity contribution in [1.82, 2.24) is 5.32 Å².